The highest BCUT2D eigenvalue weighted by molar-refractivity contribution is 7.89. The highest BCUT2D eigenvalue weighted by atomic mass is 32.2. The number of morpholine rings is 1. The lowest BCUT2D eigenvalue weighted by Crippen LogP contribution is -2.48. The van der Waals surface area contributed by atoms with Crippen molar-refractivity contribution in [3.05, 3.63) is 29.8 Å². The molecule has 1 aromatic rings. The summed E-state index contributed by atoms with van der Waals surface area (Å²) in [5, 5.41) is 2.78. The molecule has 2 rings (SSSR count). The number of sulfonamides is 1. The summed E-state index contributed by atoms with van der Waals surface area (Å²) in [4.78, 5) is 12.1. The number of ether oxygens (including phenoxy) is 1. The van der Waals surface area contributed by atoms with Gasteiger partial charge in [-0.25, -0.2) is 8.42 Å². The Morgan fingerprint density at radius 2 is 1.70 bits per heavy atom. The van der Waals surface area contributed by atoms with Gasteiger partial charge >= 0.3 is 0 Å². The number of nitrogens with one attached hydrogen (secondary N) is 1. The Hall–Kier alpha value is -1.44. The predicted molar refractivity (Wildman–Crippen MR) is 87.8 cm³/mol. The molecule has 2 atom stereocenters. The van der Waals surface area contributed by atoms with Crippen molar-refractivity contribution >= 4 is 15.9 Å². The van der Waals surface area contributed by atoms with E-state index in [0.717, 1.165) is 0 Å². The van der Waals surface area contributed by atoms with Crippen LogP contribution in [0.5, 0.6) is 0 Å². The van der Waals surface area contributed by atoms with Crippen molar-refractivity contribution in [3.8, 4) is 0 Å². The lowest BCUT2D eigenvalue weighted by Gasteiger charge is -2.34. The zero-order chi connectivity index (χ0) is 17.2. The minimum absolute atomic E-state index is 0.0298. The highest BCUT2D eigenvalue weighted by Crippen LogP contribution is 2.21. The quantitative estimate of drug-likeness (QED) is 0.904. The summed E-state index contributed by atoms with van der Waals surface area (Å²) in [7, 11) is -3.57. The van der Waals surface area contributed by atoms with E-state index in [4.69, 9.17) is 4.74 Å². The van der Waals surface area contributed by atoms with Gasteiger partial charge in [-0.1, -0.05) is 0 Å². The molecule has 1 heterocycles. The largest absolute Gasteiger partial charge is 0.373 e. The Bertz CT molecular complexity index is 645. The van der Waals surface area contributed by atoms with Gasteiger partial charge in [0, 0.05) is 24.7 Å². The molecule has 23 heavy (non-hydrogen) atoms. The molecule has 6 nitrogen and oxygen atoms in total. The molecule has 0 bridgehead atoms. The third-order valence-corrected chi connectivity index (χ3v) is 5.41. The number of carbonyl (C=O) groups excluding carboxylic acids is 1. The molecule has 7 heteroatoms. The second-order valence-electron chi connectivity index (χ2n) is 6.23. The molecule has 0 radical (unpaired) electrons. The summed E-state index contributed by atoms with van der Waals surface area (Å²) in [6, 6.07) is 6.07. The molecule has 1 aliphatic heterocycles. The van der Waals surface area contributed by atoms with Gasteiger partial charge in [-0.15, -0.1) is 0 Å². The van der Waals surface area contributed by atoms with Crippen LogP contribution < -0.4 is 5.32 Å². The number of nitrogens with zero attached hydrogens (tertiary/aromatic N) is 1. The standard InChI is InChI=1S/C16H24N2O4S/c1-11(2)17-16(19)14-5-7-15(8-6-14)23(20,21)18-9-12(3)22-13(4)10-18/h5-8,11-13H,9-10H2,1-4H3,(H,17,19). The maximum atomic E-state index is 12.7. The van der Waals surface area contributed by atoms with Gasteiger partial charge in [-0.3, -0.25) is 4.79 Å². The van der Waals surface area contributed by atoms with Gasteiger partial charge in [0.15, 0.2) is 0 Å². The number of amides is 1. The van der Waals surface area contributed by atoms with E-state index >= 15 is 0 Å². The summed E-state index contributed by atoms with van der Waals surface area (Å²) in [6.07, 6.45) is -0.269. The molecular formula is C16H24N2O4S. The first-order valence-electron chi connectivity index (χ1n) is 7.76. The van der Waals surface area contributed by atoms with Crippen molar-refractivity contribution in [3.63, 3.8) is 0 Å². The van der Waals surface area contributed by atoms with E-state index in [1.165, 1.54) is 28.6 Å². The Balaban J connectivity index is 2.19. The van der Waals surface area contributed by atoms with Crippen molar-refractivity contribution in [2.24, 2.45) is 0 Å². The molecule has 1 aliphatic rings. The summed E-state index contributed by atoms with van der Waals surface area (Å²) >= 11 is 0. The van der Waals surface area contributed by atoms with Crippen LogP contribution in [0.4, 0.5) is 0 Å². The second-order valence-corrected chi connectivity index (χ2v) is 8.17. The lowest BCUT2D eigenvalue weighted by atomic mass is 10.2. The van der Waals surface area contributed by atoms with Gasteiger partial charge in [0.1, 0.15) is 0 Å². The van der Waals surface area contributed by atoms with Gasteiger partial charge in [0.25, 0.3) is 5.91 Å². The Labute approximate surface area is 137 Å². The van der Waals surface area contributed by atoms with E-state index in [-0.39, 0.29) is 29.1 Å². The third-order valence-electron chi connectivity index (χ3n) is 3.56. The average Bonchev–Trinajstić information content (AvgIpc) is 2.45. The maximum absolute atomic E-state index is 12.7. The van der Waals surface area contributed by atoms with Crippen LogP contribution in [0.1, 0.15) is 38.1 Å². The molecule has 1 aromatic carbocycles. The van der Waals surface area contributed by atoms with Gasteiger partial charge in [0.2, 0.25) is 10.0 Å². The number of carbonyl (C=O) groups is 1. The topological polar surface area (TPSA) is 75.7 Å². The predicted octanol–water partition coefficient (Wildman–Crippen LogP) is 1.62. The van der Waals surface area contributed by atoms with Crippen molar-refractivity contribution in [1.29, 1.82) is 0 Å². The van der Waals surface area contributed by atoms with E-state index in [1.807, 2.05) is 27.7 Å². The fourth-order valence-corrected chi connectivity index (χ4v) is 4.19. The third kappa shape index (κ3) is 4.31. The SMILES string of the molecule is CC(C)NC(=O)c1ccc(S(=O)(=O)N2CC(C)OC(C)C2)cc1. The van der Waals surface area contributed by atoms with Crippen LogP contribution in [0.2, 0.25) is 0 Å². The molecule has 0 aliphatic carbocycles. The molecule has 128 valence electrons. The van der Waals surface area contributed by atoms with E-state index in [9.17, 15) is 13.2 Å². The van der Waals surface area contributed by atoms with Gasteiger partial charge in [0.05, 0.1) is 17.1 Å². The minimum atomic E-state index is -3.57. The number of rotatable bonds is 4. The first-order valence-corrected chi connectivity index (χ1v) is 9.20. The first-order chi connectivity index (χ1) is 10.7. The molecule has 1 amide bonds. The second kappa shape index (κ2) is 6.98. The zero-order valence-electron chi connectivity index (χ0n) is 13.9. The van der Waals surface area contributed by atoms with Crippen molar-refractivity contribution < 1.29 is 17.9 Å². The van der Waals surface area contributed by atoms with Crippen LogP contribution in [-0.4, -0.2) is 50.0 Å². The highest BCUT2D eigenvalue weighted by Gasteiger charge is 2.32. The van der Waals surface area contributed by atoms with E-state index in [2.05, 4.69) is 5.32 Å². The van der Waals surface area contributed by atoms with Gasteiger partial charge in [-0.05, 0) is 52.0 Å². The fourth-order valence-electron chi connectivity index (χ4n) is 2.60. The molecule has 0 aromatic heterocycles. The average molecular weight is 340 g/mol. The smallest absolute Gasteiger partial charge is 0.251 e. The molecule has 1 fully saturated rings. The number of hydrogen-bond acceptors (Lipinski definition) is 4. The van der Waals surface area contributed by atoms with Crippen molar-refractivity contribution in [2.45, 2.75) is 50.8 Å². The zero-order valence-corrected chi connectivity index (χ0v) is 14.8. The summed E-state index contributed by atoms with van der Waals surface area (Å²) in [6.45, 7) is 8.13. The van der Waals surface area contributed by atoms with Crippen LogP contribution in [0.15, 0.2) is 29.2 Å². The summed E-state index contributed by atoms with van der Waals surface area (Å²) < 4.78 is 32.4. The lowest BCUT2D eigenvalue weighted by molar-refractivity contribution is -0.0440. The number of hydrogen-bond donors (Lipinski definition) is 1. The molecule has 1 N–H and O–H groups in total. The molecule has 2 unspecified atom stereocenters. The van der Waals surface area contributed by atoms with Gasteiger partial charge in [-0.2, -0.15) is 4.31 Å². The summed E-state index contributed by atoms with van der Waals surface area (Å²) in [5.74, 6) is -0.211. The van der Waals surface area contributed by atoms with E-state index in [1.54, 1.807) is 0 Å². The van der Waals surface area contributed by atoms with Crippen molar-refractivity contribution in [1.82, 2.24) is 9.62 Å². The molecule has 0 saturated carbocycles. The van der Waals surface area contributed by atoms with Crippen LogP contribution in [0.3, 0.4) is 0 Å². The normalized spacial score (nSPS) is 23.0. The van der Waals surface area contributed by atoms with Crippen molar-refractivity contribution in [2.75, 3.05) is 13.1 Å². The Morgan fingerprint density at radius 1 is 1.17 bits per heavy atom. The van der Waals surface area contributed by atoms with Crippen LogP contribution in [-0.2, 0) is 14.8 Å². The number of benzene rings is 1. The molecular weight excluding hydrogens is 316 g/mol. The Kier molecular flexibility index (Phi) is 5.44. The maximum Gasteiger partial charge on any atom is 0.251 e. The van der Waals surface area contributed by atoms with Crippen LogP contribution in [0.25, 0.3) is 0 Å². The monoisotopic (exact) mass is 340 g/mol. The van der Waals surface area contributed by atoms with E-state index in [0.29, 0.717) is 18.7 Å². The van der Waals surface area contributed by atoms with E-state index < -0.39 is 10.0 Å². The van der Waals surface area contributed by atoms with Gasteiger partial charge < -0.3 is 10.1 Å². The molecule has 0 spiro atoms. The first kappa shape index (κ1) is 17.9. The summed E-state index contributed by atoms with van der Waals surface area (Å²) in [5.41, 5.74) is 0.446. The fraction of sp³-hybridized carbons (Fsp3) is 0.562. The minimum Gasteiger partial charge on any atom is -0.373 e. The molecule has 1 saturated heterocycles. The Morgan fingerprint density at radius 3 is 2.17 bits per heavy atom. The van der Waals surface area contributed by atoms with Crippen LogP contribution in [0, 0.1) is 0 Å². The van der Waals surface area contributed by atoms with Crippen LogP contribution >= 0.6 is 0 Å².